The third-order valence-corrected chi connectivity index (χ3v) is 4.26. The highest BCUT2D eigenvalue weighted by Crippen LogP contribution is 2.33. The summed E-state index contributed by atoms with van der Waals surface area (Å²) < 4.78 is 8.13. The first-order valence-corrected chi connectivity index (χ1v) is 6.83. The fourth-order valence-electron chi connectivity index (χ4n) is 2.17. The Kier molecular flexibility index (Phi) is 3.96. The van der Waals surface area contributed by atoms with Crippen LogP contribution >= 0.6 is 15.9 Å². The number of ether oxygens (including phenoxy) is 1. The van der Waals surface area contributed by atoms with Crippen molar-refractivity contribution in [3.8, 4) is 11.4 Å². The number of aliphatic hydroxyl groups excluding tert-OH is 1. The second-order valence-electron chi connectivity index (χ2n) is 4.47. The average Bonchev–Trinajstić information content (AvgIpc) is 2.65. The molecule has 1 aromatic carbocycles. The second-order valence-corrected chi connectivity index (χ2v) is 5.26. The van der Waals surface area contributed by atoms with Gasteiger partial charge in [0.25, 0.3) is 0 Å². The first-order chi connectivity index (χ1) is 8.97. The molecule has 0 spiro atoms. The van der Waals surface area contributed by atoms with Gasteiger partial charge in [-0.25, -0.2) is 4.68 Å². The molecule has 0 bridgehead atoms. The zero-order valence-electron chi connectivity index (χ0n) is 11.4. The summed E-state index contributed by atoms with van der Waals surface area (Å²) in [7, 11) is 1.60. The van der Waals surface area contributed by atoms with E-state index in [9.17, 15) is 5.11 Å². The van der Waals surface area contributed by atoms with Crippen LogP contribution in [0.25, 0.3) is 5.69 Å². The number of halogens is 1. The van der Waals surface area contributed by atoms with Crippen molar-refractivity contribution in [1.29, 1.82) is 0 Å². The first-order valence-electron chi connectivity index (χ1n) is 6.04. The quantitative estimate of drug-likeness (QED) is 0.942. The van der Waals surface area contributed by atoms with E-state index in [0.717, 1.165) is 27.1 Å². The summed E-state index contributed by atoms with van der Waals surface area (Å²) in [4.78, 5) is 0. The molecule has 1 atom stereocenters. The predicted molar refractivity (Wildman–Crippen MR) is 77.9 cm³/mol. The zero-order chi connectivity index (χ0) is 14.2. The minimum absolute atomic E-state index is 0.631. The topological polar surface area (TPSA) is 47.3 Å². The van der Waals surface area contributed by atoms with E-state index in [1.807, 2.05) is 36.7 Å². The van der Waals surface area contributed by atoms with E-state index >= 15 is 0 Å². The van der Waals surface area contributed by atoms with Gasteiger partial charge < -0.3 is 9.84 Å². The minimum atomic E-state index is -0.631. The van der Waals surface area contributed by atoms with E-state index in [-0.39, 0.29) is 0 Å². The van der Waals surface area contributed by atoms with Crippen molar-refractivity contribution >= 4 is 15.9 Å². The number of benzene rings is 1. The number of hydrogen-bond donors (Lipinski definition) is 1. The largest absolute Gasteiger partial charge is 0.496 e. The molecule has 19 heavy (non-hydrogen) atoms. The summed E-state index contributed by atoms with van der Waals surface area (Å²) in [5.41, 5.74) is 3.48. The number of aryl methyl sites for hydroxylation is 1. The second kappa shape index (κ2) is 5.35. The third-order valence-electron chi connectivity index (χ3n) is 3.11. The molecular weight excluding hydrogens is 308 g/mol. The Morgan fingerprint density at radius 2 is 2.05 bits per heavy atom. The maximum Gasteiger partial charge on any atom is 0.126 e. The lowest BCUT2D eigenvalue weighted by Crippen LogP contribution is -2.07. The fraction of sp³-hybridized carbons (Fsp3) is 0.357. The molecule has 2 aromatic rings. The third kappa shape index (κ3) is 2.40. The van der Waals surface area contributed by atoms with Crippen molar-refractivity contribution in [2.24, 2.45) is 0 Å². The Labute approximate surface area is 121 Å². The van der Waals surface area contributed by atoms with Crippen LogP contribution < -0.4 is 4.74 Å². The normalized spacial score (nSPS) is 12.5. The monoisotopic (exact) mass is 324 g/mol. The zero-order valence-corrected chi connectivity index (χ0v) is 13.0. The standard InChI is InChI=1S/C14H17BrN2O2/c1-8-14(15)9(2)17(16-8)11-6-5-7-12(19-4)13(11)10(3)18/h5-7,10,18H,1-4H3/t10-/m0/s1. The number of rotatable bonds is 3. The number of methoxy groups -OCH3 is 1. The van der Waals surface area contributed by atoms with Crippen LogP contribution in [0.2, 0.25) is 0 Å². The molecule has 0 aliphatic carbocycles. The van der Waals surface area contributed by atoms with Crippen LogP contribution in [0, 0.1) is 13.8 Å². The van der Waals surface area contributed by atoms with Gasteiger partial charge in [0.15, 0.2) is 0 Å². The molecule has 2 rings (SSSR count). The summed E-state index contributed by atoms with van der Waals surface area (Å²) in [6.07, 6.45) is -0.631. The molecule has 0 radical (unpaired) electrons. The van der Waals surface area contributed by atoms with Crippen LogP contribution in [0.5, 0.6) is 5.75 Å². The number of nitrogens with zero attached hydrogens (tertiary/aromatic N) is 2. The number of aromatic nitrogens is 2. The van der Waals surface area contributed by atoms with Gasteiger partial charge in [-0.2, -0.15) is 5.10 Å². The minimum Gasteiger partial charge on any atom is -0.496 e. The molecule has 1 heterocycles. The Bertz CT molecular complexity index is 606. The number of aliphatic hydroxyl groups is 1. The maximum atomic E-state index is 10.0. The highest BCUT2D eigenvalue weighted by atomic mass is 79.9. The van der Waals surface area contributed by atoms with Gasteiger partial charge in [-0.05, 0) is 48.8 Å². The Hall–Kier alpha value is -1.33. The molecule has 0 amide bonds. The SMILES string of the molecule is COc1cccc(-n2nc(C)c(Br)c2C)c1[C@H](C)O. The molecule has 4 nitrogen and oxygen atoms in total. The lowest BCUT2D eigenvalue weighted by atomic mass is 10.1. The van der Waals surface area contributed by atoms with Crippen LogP contribution in [0.1, 0.15) is 30.0 Å². The van der Waals surface area contributed by atoms with Gasteiger partial charge in [0.05, 0.1) is 34.8 Å². The van der Waals surface area contributed by atoms with E-state index in [1.165, 1.54) is 0 Å². The summed E-state index contributed by atoms with van der Waals surface area (Å²) in [5, 5.41) is 14.5. The van der Waals surface area contributed by atoms with E-state index in [4.69, 9.17) is 4.74 Å². The molecule has 0 fully saturated rings. The molecule has 5 heteroatoms. The van der Waals surface area contributed by atoms with Crippen molar-refractivity contribution in [2.45, 2.75) is 26.9 Å². The van der Waals surface area contributed by atoms with Crippen LogP contribution in [0.15, 0.2) is 22.7 Å². The van der Waals surface area contributed by atoms with Crippen LogP contribution in [-0.4, -0.2) is 22.0 Å². The van der Waals surface area contributed by atoms with Gasteiger partial charge in [0.1, 0.15) is 5.75 Å². The van der Waals surface area contributed by atoms with Gasteiger partial charge in [-0.15, -0.1) is 0 Å². The highest BCUT2D eigenvalue weighted by molar-refractivity contribution is 9.10. The summed E-state index contributed by atoms with van der Waals surface area (Å²) in [6.45, 7) is 5.65. The van der Waals surface area contributed by atoms with E-state index in [1.54, 1.807) is 14.0 Å². The summed E-state index contributed by atoms with van der Waals surface area (Å²) >= 11 is 3.52. The molecule has 1 N–H and O–H groups in total. The van der Waals surface area contributed by atoms with Crippen molar-refractivity contribution < 1.29 is 9.84 Å². The van der Waals surface area contributed by atoms with Gasteiger partial charge >= 0.3 is 0 Å². The van der Waals surface area contributed by atoms with Crippen LogP contribution in [0.3, 0.4) is 0 Å². The van der Waals surface area contributed by atoms with Gasteiger partial charge in [-0.3, -0.25) is 0 Å². The van der Waals surface area contributed by atoms with Gasteiger partial charge in [0, 0.05) is 5.56 Å². The highest BCUT2D eigenvalue weighted by Gasteiger charge is 2.19. The molecule has 0 unspecified atom stereocenters. The molecule has 0 aliphatic rings. The first kappa shape index (κ1) is 14.1. The smallest absolute Gasteiger partial charge is 0.126 e. The van der Waals surface area contributed by atoms with E-state index in [0.29, 0.717) is 5.75 Å². The Morgan fingerprint density at radius 3 is 2.53 bits per heavy atom. The fourth-order valence-corrected chi connectivity index (χ4v) is 2.42. The van der Waals surface area contributed by atoms with Crippen molar-refractivity contribution in [2.75, 3.05) is 7.11 Å². The average molecular weight is 325 g/mol. The molecular formula is C14H17BrN2O2. The van der Waals surface area contributed by atoms with Gasteiger partial charge in [-0.1, -0.05) is 6.07 Å². The molecule has 1 aromatic heterocycles. The van der Waals surface area contributed by atoms with Crippen LogP contribution in [0.4, 0.5) is 0 Å². The van der Waals surface area contributed by atoms with E-state index in [2.05, 4.69) is 21.0 Å². The Balaban J connectivity index is 2.71. The molecule has 102 valence electrons. The Morgan fingerprint density at radius 1 is 1.37 bits per heavy atom. The van der Waals surface area contributed by atoms with Crippen molar-refractivity contribution in [3.63, 3.8) is 0 Å². The van der Waals surface area contributed by atoms with Crippen molar-refractivity contribution in [3.05, 3.63) is 39.6 Å². The van der Waals surface area contributed by atoms with Gasteiger partial charge in [0.2, 0.25) is 0 Å². The lowest BCUT2D eigenvalue weighted by Gasteiger charge is -2.17. The molecule has 0 saturated heterocycles. The summed E-state index contributed by atoms with van der Waals surface area (Å²) in [6, 6.07) is 5.66. The summed E-state index contributed by atoms with van der Waals surface area (Å²) in [5.74, 6) is 0.663. The predicted octanol–water partition coefficient (Wildman–Crippen LogP) is 3.31. The van der Waals surface area contributed by atoms with Crippen LogP contribution in [-0.2, 0) is 0 Å². The molecule has 0 aliphatic heterocycles. The van der Waals surface area contributed by atoms with E-state index < -0.39 is 6.10 Å². The lowest BCUT2D eigenvalue weighted by molar-refractivity contribution is 0.194. The molecule has 0 saturated carbocycles. The maximum absolute atomic E-state index is 10.0. The number of hydrogen-bond acceptors (Lipinski definition) is 3. The van der Waals surface area contributed by atoms with Crippen molar-refractivity contribution in [1.82, 2.24) is 9.78 Å².